The molecule has 23 heavy (non-hydrogen) atoms. The number of carbonyl (C=O) groups is 1. The number of benzene rings is 1. The molecule has 8 heteroatoms. The van der Waals surface area contributed by atoms with Crippen molar-refractivity contribution in [3.63, 3.8) is 0 Å². The van der Waals surface area contributed by atoms with Crippen LogP contribution in [0.25, 0.3) is 0 Å². The van der Waals surface area contributed by atoms with Gasteiger partial charge in [-0.2, -0.15) is 0 Å². The van der Waals surface area contributed by atoms with Gasteiger partial charge in [0.25, 0.3) is 5.91 Å². The van der Waals surface area contributed by atoms with Gasteiger partial charge in [0.2, 0.25) is 10.0 Å². The smallest absolute Gasteiger partial charge is 0.267 e. The lowest BCUT2D eigenvalue weighted by atomic mass is 9.89. The zero-order valence-corrected chi connectivity index (χ0v) is 14.5. The van der Waals surface area contributed by atoms with Gasteiger partial charge in [0.05, 0.1) is 22.9 Å². The zero-order valence-electron chi connectivity index (χ0n) is 12.9. The second-order valence-corrected chi connectivity index (χ2v) is 8.12. The van der Waals surface area contributed by atoms with Crippen molar-refractivity contribution in [2.75, 3.05) is 6.26 Å². The number of amides is 1. The summed E-state index contributed by atoms with van der Waals surface area (Å²) in [5.41, 5.74) is -0.440. The molecule has 0 radical (unpaired) electrons. The Kier molecular flexibility index (Phi) is 5.52. The highest BCUT2D eigenvalue weighted by molar-refractivity contribution is 7.89. The summed E-state index contributed by atoms with van der Waals surface area (Å²) in [6.07, 6.45) is 4.61. The minimum Gasteiger partial charge on any atom is -0.489 e. The molecule has 0 aliphatic heterocycles. The summed E-state index contributed by atoms with van der Waals surface area (Å²) in [6.45, 7) is 2.18. The fourth-order valence-corrected chi connectivity index (χ4v) is 3.20. The van der Waals surface area contributed by atoms with E-state index in [0.717, 1.165) is 44.1 Å². The molecular weight excluding hydrogens is 345 g/mol. The maximum absolute atomic E-state index is 14.1. The highest BCUT2D eigenvalue weighted by Crippen LogP contribution is 2.32. The van der Waals surface area contributed by atoms with Crippen LogP contribution in [0.3, 0.4) is 0 Å². The number of nitrogens with one attached hydrogen (secondary N) is 1. The van der Waals surface area contributed by atoms with Crippen molar-refractivity contribution >= 4 is 27.5 Å². The zero-order chi connectivity index (χ0) is 17.2. The molecule has 1 N–H and O–H groups in total. The molecule has 0 aromatic heterocycles. The number of halogens is 2. The van der Waals surface area contributed by atoms with E-state index in [2.05, 4.69) is 6.92 Å². The van der Waals surface area contributed by atoms with E-state index < -0.39 is 27.3 Å². The van der Waals surface area contributed by atoms with Crippen LogP contribution in [0.5, 0.6) is 5.75 Å². The summed E-state index contributed by atoms with van der Waals surface area (Å²) in [4.78, 5) is 11.7. The number of hydrogen-bond acceptors (Lipinski definition) is 4. The number of carbonyl (C=O) groups excluding carboxylic acids is 1. The second kappa shape index (κ2) is 7.05. The third-order valence-corrected chi connectivity index (χ3v) is 4.65. The molecule has 1 aromatic rings. The third-order valence-electron chi connectivity index (χ3n) is 3.80. The lowest BCUT2D eigenvalue weighted by Crippen LogP contribution is -2.30. The molecule has 1 fully saturated rings. The van der Waals surface area contributed by atoms with E-state index in [1.165, 1.54) is 0 Å². The summed E-state index contributed by atoms with van der Waals surface area (Å²) in [5, 5.41) is 0.0728. The van der Waals surface area contributed by atoms with Crippen molar-refractivity contribution in [3.05, 3.63) is 28.5 Å². The minimum absolute atomic E-state index is 0.0289. The van der Waals surface area contributed by atoms with Crippen LogP contribution in [0.4, 0.5) is 4.39 Å². The Balaban J connectivity index is 2.15. The van der Waals surface area contributed by atoms with E-state index in [1.807, 2.05) is 0 Å². The number of ether oxygens (including phenoxy) is 1. The van der Waals surface area contributed by atoms with E-state index in [4.69, 9.17) is 16.3 Å². The van der Waals surface area contributed by atoms with Crippen molar-refractivity contribution < 1.29 is 22.3 Å². The fraction of sp³-hybridized carbons (Fsp3) is 0.533. The summed E-state index contributed by atoms with van der Waals surface area (Å²) < 4.78 is 43.6. The second-order valence-electron chi connectivity index (χ2n) is 5.97. The summed E-state index contributed by atoms with van der Waals surface area (Å²) in [6, 6.07) is 2.11. The van der Waals surface area contributed by atoms with Crippen LogP contribution in [0.2, 0.25) is 5.02 Å². The first-order valence-electron chi connectivity index (χ1n) is 7.33. The molecule has 1 aliphatic rings. The Morgan fingerprint density at radius 1 is 1.30 bits per heavy atom. The van der Waals surface area contributed by atoms with Gasteiger partial charge in [-0.3, -0.25) is 4.79 Å². The molecule has 0 atom stereocenters. The van der Waals surface area contributed by atoms with Crippen LogP contribution < -0.4 is 9.46 Å². The standard InChI is InChI=1S/C15H19ClFNO4S/c1-9-3-5-10(6-4-9)22-14-8-13(17)11(7-12(14)16)15(19)18-23(2,20)21/h7-10H,3-6H2,1-2H3,(H,18,19)/t9-,10-. The van der Waals surface area contributed by atoms with Gasteiger partial charge >= 0.3 is 0 Å². The number of hydrogen-bond donors (Lipinski definition) is 1. The first-order valence-corrected chi connectivity index (χ1v) is 9.60. The average Bonchev–Trinajstić information content (AvgIpc) is 2.43. The van der Waals surface area contributed by atoms with Crippen LogP contribution in [-0.2, 0) is 10.0 Å². The van der Waals surface area contributed by atoms with Crippen LogP contribution in [0, 0.1) is 11.7 Å². The summed E-state index contributed by atoms with van der Waals surface area (Å²) >= 11 is 6.04. The molecule has 5 nitrogen and oxygen atoms in total. The Morgan fingerprint density at radius 3 is 2.48 bits per heavy atom. The highest BCUT2D eigenvalue weighted by atomic mass is 35.5. The van der Waals surface area contributed by atoms with E-state index in [9.17, 15) is 17.6 Å². The quantitative estimate of drug-likeness (QED) is 0.892. The van der Waals surface area contributed by atoms with Crippen LogP contribution in [-0.4, -0.2) is 26.7 Å². The van der Waals surface area contributed by atoms with E-state index in [1.54, 1.807) is 4.72 Å². The molecule has 0 bridgehead atoms. The first kappa shape index (κ1) is 18.0. The number of sulfonamides is 1. The van der Waals surface area contributed by atoms with Crippen molar-refractivity contribution in [1.82, 2.24) is 4.72 Å². The van der Waals surface area contributed by atoms with Crippen LogP contribution in [0.15, 0.2) is 12.1 Å². The molecule has 0 spiro atoms. The van der Waals surface area contributed by atoms with Gasteiger partial charge < -0.3 is 4.74 Å². The molecule has 1 aliphatic carbocycles. The first-order chi connectivity index (χ1) is 10.7. The summed E-state index contributed by atoms with van der Waals surface area (Å²) in [7, 11) is -3.78. The molecule has 2 rings (SSSR count). The van der Waals surface area contributed by atoms with E-state index >= 15 is 0 Å². The number of rotatable bonds is 4. The predicted octanol–water partition coefficient (Wildman–Crippen LogP) is 3.13. The highest BCUT2D eigenvalue weighted by Gasteiger charge is 2.23. The molecular formula is C15H19ClFNO4S. The molecule has 0 heterocycles. The average molecular weight is 364 g/mol. The SMILES string of the molecule is CS(=O)(=O)NC(=O)c1cc(Cl)c(O[C@H]2CC[C@H](C)CC2)cc1F. The largest absolute Gasteiger partial charge is 0.489 e. The van der Waals surface area contributed by atoms with Crippen molar-refractivity contribution in [2.45, 2.75) is 38.7 Å². The minimum atomic E-state index is -3.78. The normalized spacial score (nSPS) is 21.7. The Bertz CT molecular complexity index is 700. The lowest BCUT2D eigenvalue weighted by Gasteiger charge is -2.27. The summed E-state index contributed by atoms with van der Waals surface area (Å²) in [5.74, 6) is -1.12. The van der Waals surface area contributed by atoms with Gasteiger partial charge in [-0.05, 0) is 37.7 Å². The van der Waals surface area contributed by atoms with Gasteiger partial charge in [0, 0.05) is 6.07 Å². The van der Waals surface area contributed by atoms with Crippen LogP contribution >= 0.6 is 11.6 Å². The topological polar surface area (TPSA) is 72.5 Å². The molecule has 1 aromatic carbocycles. The molecule has 128 valence electrons. The monoisotopic (exact) mass is 363 g/mol. The Labute approximate surface area is 140 Å². The molecule has 1 amide bonds. The Morgan fingerprint density at radius 2 is 1.91 bits per heavy atom. The van der Waals surface area contributed by atoms with Crippen molar-refractivity contribution in [2.24, 2.45) is 5.92 Å². The van der Waals surface area contributed by atoms with Gasteiger partial charge in [0.15, 0.2) is 0 Å². The maximum atomic E-state index is 14.1. The van der Waals surface area contributed by atoms with Crippen molar-refractivity contribution in [3.8, 4) is 5.75 Å². The van der Waals surface area contributed by atoms with Crippen molar-refractivity contribution in [1.29, 1.82) is 0 Å². The maximum Gasteiger partial charge on any atom is 0.267 e. The van der Waals surface area contributed by atoms with Gasteiger partial charge in [-0.1, -0.05) is 18.5 Å². The van der Waals surface area contributed by atoms with Crippen LogP contribution in [0.1, 0.15) is 43.0 Å². The lowest BCUT2D eigenvalue weighted by molar-refractivity contribution is 0.0977. The third kappa shape index (κ3) is 5.07. The molecule has 1 saturated carbocycles. The van der Waals surface area contributed by atoms with E-state index in [-0.39, 0.29) is 16.9 Å². The van der Waals surface area contributed by atoms with E-state index in [0.29, 0.717) is 5.92 Å². The Hall–Kier alpha value is -1.34. The fourth-order valence-electron chi connectivity index (χ4n) is 2.54. The predicted molar refractivity (Wildman–Crippen MR) is 85.8 cm³/mol. The molecule has 0 saturated heterocycles. The van der Waals surface area contributed by atoms with Gasteiger partial charge in [0.1, 0.15) is 11.6 Å². The molecule has 0 unspecified atom stereocenters. The van der Waals surface area contributed by atoms with Gasteiger partial charge in [-0.15, -0.1) is 0 Å². The van der Waals surface area contributed by atoms with Gasteiger partial charge in [-0.25, -0.2) is 17.5 Å².